The normalized spacial score (nSPS) is 12.6. The molecule has 1 atom stereocenters. The summed E-state index contributed by atoms with van der Waals surface area (Å²) >= 11 is 17.9. The number of rotatable bonds is 15. The summed E-state index contributed by atoms with van der Waals surface area (Å²) < 4.78 is 11.3. The summed E-state index contributed by atoms with van der Waals surface area (Å²) in [4.78, 5) is 12.2. The third kappa shape index (κ3) is 13.3. The minimum absolute atomic E-state index is 0.174. The molecule has 0 aromatic heterocycles. The van der Waals surface area contributed by atoms with Crippen LogP contribution in [0.1, 0.15) is 84.0 Å². The molecular formula is C22H34Cl3FN2O. The number of hydrogen-bond acceptors (Lipinski definition) is 2. The Labute approximate surface area is 190 Å². The van der Waals surface area contributed by atoms with Crippen molar-refractivity contribution in [3.63, 3.8) is 0 Å². The van der Waals surface area contributed by atoms with Crippen molar-refractivity contribution >= 4 is 46.4 Å². The van der Waals surface area contributed by atoms with E-state index in [0.29, 0.717) is 12.1 Å². The Morgan fingerprint density at radius 3 is 1.86 bits per heavy atom. The van der Waals surface area contributed by atoms with Crippen LogP contribution in [0.3, 0.4) is 0 Å². The maximum absolute atomic E-state index is 13.0. The Hall–Kier alpha value is -0.710. The lowest BCUT2D eigenvalue weighted by Gasteiger charge is -2.27. The first-order chi connectivity index (χ1) is 13.8. The standard InChI is InChI=1S/C22H34Cl3FN2O/c1-2-3-4-5-6-7-8-9-10-11-12-13-20(29)28-21(22(23,24)25)27-19-16-14-18(26)15-17-19/h14-17,21,27H,2-13H2,1H3,(H,28,29). The topological polar surface area (TPSA) is 41.1 Å². The number of carbonyl (C=O) groups is 1. The van der Waals surface area contributed by atoms with E-state index in [2.05, 4.69) is 17.6 Å². The molecule has 0 bridgehead atoms. The van der Waals surface area contributed by atoms with Gasteiger partial charge in [-0.1, -0.05) is 106 Å². The quantitative estimate of drug-likeness (QED) is 0.157. The van der Waals surface area contributed by atoms with E-state index in [1.54, 1.807) is 0 Å². The summed E-state index contributed by atoms with van der Waals surface area (Å²) in [5, 5.41) is 5.64. The van der Waals surface area contributed by atoms with E-state index in [4.69, 9.17) is 34.8 Å². The fourth-order valence-corrected chi connectivity index (χ4v) is 3.42. The second kappa shape index (κ2) is 15.1. The van der Waals surface area contributed by atoms with Gasteiger partial charge in [-0.3, -0.25) is 4.79 Å². The van der Waals surface area contributed by atoms with Gasteiger partial charge in [-0.25, -0.2) is 4.39 Å². The minimum atomic E-state index is -1.73. The van der Waals surface area contributed by atoms with Crippen LogP contribution in [0.25, 0.3) is 0 Å². The molecule has 1 aromatic rings. The molecule has 0 fully saturated rings. The van der Waals surface area contributed by atoms with Crippen LogP contribution in [-0.2, 0) is 4.79 Å². The molecule has 0 spiro atoms. The van der Waals surface area contributed by atoms with Crippen molar-refractivity contribution in [3.8, 4) is 0 Å². The fourth-order valence-electron chi connectivity index (χ4n) is 3.10. The van der Waals surface area contributed by atoms with E-state index in [9.17, 15) is 9.18 Å². The molecule has 0 saturated carbocycles. The Kier molecular flexibility index (Phi) is 13.7. The first kappa shape index (κ1) is 26.3. The molecule has 0 radical (unpaired) electrons. The highest BCUT2D eigenvalue weighted by Gasteiger charge is 2.33. The summed E-state index contributed by atoms with van der Waals surface area (Å²) in [7, 11) is 0. The summed E-state index contributed by atoms with van der Waals surface area (Å²) in [6.07, 6.45) is 12.9. The molecular weight excluding hydrogens is 434 g/mol. The van der Waals surface area contributed by atoms with Crippen LogP contribution in [0.4, 0.5) is 10.1 Å². The molecule has 29 heavy (non-hydrogen) atoms. The molecule has 1 amide bonds. The third-order valence-electron chi connectivity index (χ3n) is 4.80. The van der Waals surface area contributed by atoms with Crippen molar-refractivity contribution in [2.75, 3.05) is 5.32 Å². The second-order valence-corrected chi connectivity index (χ2v) is 9.85. The maximum Gasteiger partial charge on any atom is 0.228 e. The first-order valence-electron chi connectivity index (χ1n) is 10.7. The van der Waals surface area contributed by atoms with Crippen LogP contribution in [0.5, 0.6) is 0 Å². The van der Waals surface area contributed by atoms with E-state index in [0.717, 1.165) is 19.3 Å². The number of hydrogen-bond donors (Lipinski definition) is 2. The minimum Gasteiger partial charge on any atom is -0.362 e. The summed E-state index contributed by atoms with van der Waals surface area (Å²) in [5.74, 6) is -0.534. The van der Waals surface area contributed by atoms with Gasteiger partial charge in [0.25, 0.3) is 0 Å². The average Bonchev–Trinajstić information content (AvgIpc) is 2.66. The number of anilines is 1. The number of amides is 1. The first-order valence-corrected chi connectivity index (χ1v) is 11.8. The van der Waals surface area contributed by atoms with Crippen LogP contribution >= 0.6 is 34.8 Å². The van der Waals surface area contributed by atoms with Crippen molar-refractivity contribution in [2.24, 2.45) is 0 Å². The highest BCUT2D eigenvalue weighted by Crippen LogP contribution is 2.31. The highest BCUT2D eigenvalue weighted by atomic mass is 35.6. The van der Waals surface area contributed by atoms with E-state index in [-0.39, 0.29) is 11.7 Å². The molecule has 0 aliphatic carbocycles. The van der Waals surface area contributed by atoms with Gasteiger partial charge in [-0.2, -0.15) is 0 Å². The predicted molar refractivity (Wildman–Crippen MR) is 123 cm³/mol. The van der Waals surface area contributed by atoms with Crippen molar-refractivity contribution in [1.82, 2.24) is 5.32 Å². The SMILES string of the molecule is CCCCCCCCCCCCCC(=O)NC(Nc1ccc(F)cc1)C(Cl)(Cl)Cl. The Balaban J connectivity index is 2.19. The van der Waals surface area contributed by atoms with Crippen LogP contribution in [0.2, 0.25) is 0 Å². The molecule has 1 rings (SSSR count). The molecule has 0 saturated heterocycles. The molecule has 166 valence electrons. The molecule has 3 nitrogen and oxygen atoms in total. The van der Waals surface area contributed by atoms with Crippen LogP contribution in [0.15, 0.2) is 24.3 Å². The average molecular weight is 468 g/mol. The number of halogens is 4. The molecule has 0 heterocycles. The monoisotopic (exact) mass is 466 g/mol. The number of nitrogens with one attached hydrogen (secondary N) is 2. The van der Waals surface area contributed by atoms with Crippen molar-refractivity contribution in [1.29, 1.82) is 0 Å². The van der Waals surface area contributed by atoms with Crippen LogP contribution in [-0.4, -0.2) is 15.9 Å². The Morgan fingerprint density at radius 2 is 1.38 bits per heavy atom. The zero-order chi connectivity index (χ0) is 21.5. The van der Waals surface area contributed by atoms with Crippen LogP contribution in [0, 0.1) is 5.82 Å². The van der Waals surface area contributed by atoms with Gasteiger partial charge < -0.3 is 10.6 Å². The molecule has 0 aliphatic rings. The van der Waals surface area contributed by atoms with Gasteiger partial charge in [0.15, 0.2) is 0 Å². The summed E-state index contributed by atoms with van der Waals surface area (Å²) in [6, 6.07) is 5.64. The van der Waals surface area contributed by atoms with Gasteiger partial charge in [0.1, 0.15) is 12.0 Å². The molecule has 1 unspecified atom stereocenters. The molecule has 0 aliphatic heterocycles. The lowest BCUT2D eigenvalue weighted by Crippen LogP contribution is -2.49. The lowest BCUT2D eigenvalue weighted by atomic mass is 10.1. The van der Waals surface area contributed by atoms with E-state index in [1.165, 1.54) is 75.6 Å². The Morgan fingerprint density at radius 1 is 0.897 bits per heavy atom. The van der Waals surface area contributed by atoms with Gasteiger partial charge in [-0.15, -0.1) is 0 Å². The van der Waals surface area contributed by atoms with E-state index < -0.39 is 9.96 Å². The van der Waals surface area contributed by atoms with Gasteiger partial charge in [0, 0.05) is 12.1 Å². The van der Waals surface area contributed by atoms with Crippen molar-refractivity contribution in [2.45, 2.75) is 93.9 Å². The van der Waals surface area contributed by atoms with Gasteiger partial charge in [0.2, 0.25) is 9.70 Å². The summed E-state index contributed by atoms with van der Waals surface area (Å²) in [5.41, 5.74) is 0.553. The molecule has 7 heteroatoms. The number of carbonyl (C=O) groups excluding carboxylic acids is 1. The molecule has 2 N–H and O–H groups in total. The highest BCUT2D eigenvalue weighted by molar-refractivity contribution is 6.68. The van der Waals surface area contributed by atoms with Gasteiger partial charge in [0.05, 0.1) is 0 Å². The van der Waals surface area contributed by atoms with E-state index in [1.807, 2.05) is 0 Å². The number of alkyl halides is 3. The van der Waals surface area contributed by atoms with Gasteiger partial charge in [-0.05, 0) is 30.7 Å². The maximum atomic E-state index is 13.0. The summed E-state index contributed by atoms with van der Waals surface area (Å²) in [6.45, 7) is 2.24. The smallest absolute Gasteiger partial charge is 0.228 e. The largest absolute Gasteiger partial charge is 0.362 e. The zero-order valence-electron chi connectivity index (χ0n) is 17.3. The molecule has 1 aromatic carbocycles. The predicted octanol–water partition coefficient (Wildman–Crippen LogP) is 7.75. The zero-order valence-corrected chi connectivity index (χ0v) is 19.6. The number of benzene rings is 1. The lowest BCUT2D eigenvalue weighted by molar-refractivity contribution is -0.121. The van der Waals surface area contributed by atoms with E-state index >= 15 is 0 Å². The van der Waals surface area contributed by atoms with Gasteiger partial charge >= 0.3 is 0 Å². The Bertz CT molecular complexity index is 564. The van der Waals surface area contributed by atoms with Crippen LogP contribution < -0.4 is 10.6 Å². The fraction of sp³-hybridized carbons (Fsp3) is 0.682. The van der Waals surface area contributed by atoms with Crippen molar-refractivity contribution < 1.29 is 9.18 Å². The third-order valence-corrected chi connectivity index (χ3v) is 5.45. The van der Waals surface area contributed by atoms with Crippen molar-refractivity contribution in [3.05, 3.63) is 30.1 Å². The second-order valence-electron chi connectivity index (χ2n) is 7.48. The number of unbranched alkanes of at least 4 members (excludes halogenated alkanes) is 10.